The number of halogens is 4. The third-order valence-corrected chi connectivity index (χ3v) is 7.46. The van der Waals surface area contributed by atoms with E-state index < -0.39 is 18.8 Å². The van der Waals surface area contributed by atoms with Crippen LogP contribution in [0, 0.1) is 5.92 Å². The molecule has 3 atom stereocenters. The topological polar surface area (TPSA) is 35.6 Å². The maximum Gasteiger partial charge on any atom is 0.401 e. The molecule has 4 rings (SSSR count). The zero-order valence-corrected chi connectivity index (χ0v) is 20.5. The highest BCUT2D eigenvalue weighted by Crippen LogP contribution is 2.40. The summed E-state index contributed by atoms with van der Waals surface area (Å²) in [5.41, 5.74) is 4.35. The van der Waals surface area contributed by atoms with Crippen molar-refractivity contribution in [3.8, 4) is 0 Å². The molecule has 3 heterocycles. The van der Waals surface area contributed by atoms with Gasteiger partial charge in [-0.2, -0.15) is 13.2 Å². The second-order valence-electron chi connectivity index (χ2n) is 10.2. The second-order valence-corrected chi connectivity index (χ2v) is 10.2. The average Bonchev–Trinajstić information content (AvgIpc) is 3.25. The number of Topliss-reactive ketones (excluding diaryl/α,β-unsaturated/α-hetero) is 1. The van der Waals surface area contributed by atoms with Crippen LogP contribution in [-0.4, -0.2) is 67.2 Å². The van der Waals surface area contributed by atoms with E-state index in [4.69, 9.17) is 0 Å². The Morgan fingerprint density at radius 2 is 2.03 bits per heavy atom. The third kappa shape index (κ3) is 6.33. The van der Waals surface area contributed by atoms with Gasteiger partial charge in [0, 0.05) is 36.9 Å². The van der Waals surface area contributed by atoms with Crippen molar-refractivity contribution in [3.05, 3.63) is 58.3 Å². The molecular weight excluding hydrogens is 458 g/mol. The van der Waals surface area contributed by atoms with Crippen molar-refractivity contribution >= 4 is 5.78 Å². The fourth-order valence-corrected chi connectivity index (χ4v) is 5.74. The van der Waals surface area contributed by atoms with Crippen LogP contribution in [0.25, 0.3) is 0 Å². The van der Waals surface area contributed by atoms with Crippen LogP contribution in [0.5, 0.6) is 0 Å². The summed E-state index contributed by atoms with van der Waals surface area (Å²) in [6.07, 6.45) is 2.76. The van der Waals surface area contributed by atoms with Gasteiger partial charge in [-0.15, -0.1) is 0 Å². The predicted molar refractivity (Wildman–Crippen MR) is 129 cm³/mol. The number of dihydropyridines is 1. The molecule has 1 N–H and O–H groups in total. The Kier molecular flexibility index (Phi) is 8.01. The van der Waals surface area contributed by atoms with Gasteiger partial charge in [0.15, 0.2) is 5.78 Å². The summed E-state index contributed by atoms with van der Waals surface area (Å²) in [6, 6.07) is 4.51. The molecule has 0 aliphatic carbocycles. The Morgan fingerprint density at radius 1 is 1.23 bits per heavy atom. The minimum Gasteiger partial charge on any atom is -0.383 e. The van der Waals surface area contributed by atoms with Crippen molar-refractivity contribution in [2.75, 3.05) is 39.4 Å². The van der Waals surface area contributed by atoms with E-state index in [-0.39, 0.29) is 18.5 Å². The molecular formula is C27H35F4N3O. The number of nitrogens with one attached hydrogen (secondary N) is 1. The molecule has 0 saturated carbocycles. The number of hydrogen-bond acceptors (Lipinski definition) is 4. The Labute approximate surface area is 205 Å². The van der Waals surface area contributed by atoms with Crippen molar-refractivity contribution in [2.45, 2.75) is 57.8 Å². The van der Waals surface area contributed by atoms with Crippen molar-refractivity contribution in [1.82, 2.24) is 15.1 Å². The number of hydrogen-bond donors (Lipinski definition) is 1. The lowest BCUT2D eigenvalue weighted by Gasteiger charge is -2.44. The molecule has 1 fully saturated rings. The van der Waals surface area contributed by atoms with Crippen molar-refractivity contribution in [2.24, 2.45) is 5.92 Å². The maximum atomic E-state index is 13.5. The number of rotatable bonds is 8. The Morgan fingerprint density at radius 3 is 2.69 bits per heavy atom. The van der Waals surface area contributed by atoms with Gasteiger partial charge in [0.25, 0.3) is 0 Å². The number of benzene rings is 1. The molecule has 3 aliphatic heterocycles. The lowest BCUT2D eigenvalue weighted by molar-refractivity contribution is -0.155. The number of nitrogens with zero attached hydrogens (tertiary/aromatic N) is 2. The molecule has 0 radical (unpaired) electrons. The van der Waals surface area contributed by atoms with Gasteiger partial charge in [0.2, 0.25) is 0 Å². The summed E-state index contributed by atoms with van der Waals surface area (Å²) >= 11 is 0. The van der Waals surface area contributed by atoms with Crippen LogP contribution in [-0.2, 0) is 6.42 Å². The minimum atomic E-state index is -4.31. The van der Waals surface area contributed by atoms with E-state index in [1.54, 1.807) is 6.07 Å². The maximum absolute atomic E-state index is 13.5. The minimum absolute atomic E-state index is 0.0486. The van der Waals surface area contributed by atoms with Gasteiger partial charge in [0.05, 0.1) is 19.3 Å². The number of carbonyl (C=O) groups excluding carboxylic acids is 1. The Bertz CT molecular complexity index is 987. The largest absolute Gasteiger partial charge is 0.401 e. The van der Waals surface area contributed by atoms with Gasteiger partial charge in [-0.1, -0.05) is 23.8 Å². The van der Waals surface area contributed by atoms with Gasteiger partial charge >= 0.3 is 6.18 Å². The van der Waals surface area contributed by atoms with Gasteiger partial charge in [-0.05, 0) is 75.3 Å². The van der Waals surface area contributed by atoms with Crippen LogP contribution in [0.4, 0.5) is 17.6 Å². The van der Waals surface area contributed by atoms with Crippen LogP contribution in [0.1, 0.15) is 60.6 Å². The van der Waals surface area contributed by atoms with E-state index >= 15 is 0 Å². The smallest absolute Gasteiger partial charge is 0.383 e. The molecule has 0 aromatic heterocycles. The third-order valence-electron chi connectivity index (χ3n) is 7.46. The zero-order valence-electron chi connectivity index (χ0n) is 20.5. The zero-order chi connectivity index (χ0) is 25.2. The molecule has 0 bridgehead atoms. The predicted octanol–water partition coefficient (Wildman–Crippen LogP) is 5.22. The normalized spacial score (nSPS) is 25.6. The van der Waals surface area contributed by atoms with E-state index in [2.05, 4.69) is 16.3 Å². The summed E-state index contributed by atoms with van der Waals surface area (Å²) in [6.45, 7) is 5.43. The lowest BCUT2D eigenvalue weighted by atomic mass is 9.84. The Hall–Kier alpha value is -2.19. The number of fused-ring (bicyclic) bond motifs is 1. The SMILES string of the molecule is CC(=O)c1ccc2c(c1)C[C@@H](C)N(CC(F)(F)F)[C@@H]2C1=CC=C(C[C@H]2CCN(CCCF)C2)CN1. The van der Waals surface area contributed by atoms with Crippen LogP contribution in [0.15, 0.2) is 41.6 Å². The fourth-order valence-electron chi connectivity index (χ4n) is 5.74. The number of likely N-dealkylation sites (tertiary alicyclic amines) is 1. The van der Waals surface area contributed by atoms with Crippen LogP contribution < -0.4 is 5.32 Å². The summed E-state index contributed by atoms with van der Waals surface area (Å²) in [5, 5.41) is 3.43. The molecule has 3 aliphatic rings. The van der Waals surface area contributed by atoms with Crippen LogP contribution in [0.2, 0.25) is 0 Å². The van der Waals surface area contributed by atoms with Crippen LogP contribution in [0.3, 0.4) is 0 Å². The van der Waals surface area contributed by atoms with Crippen molar-refractivity contribution in [1.29, 1.82) is 0 Å². The quantitative estimate of drug-likeness (QED) is 0.398. The van der Waals surface area contributed by atoms with Crippen molar-refractivity contribution in [3.63, 3.8) is 0 Å². The molecule has 8 heteroatoms. The average molecular weight is 494 g/mol. The molecule has 0 spiro atoms. The van der Waals surface area contributed by atoms with Gasteiger partial charge in [0.1, 0.15) is 0 Å². The van der Waals surface area contributed by atoms with Gasteiger partial charge in [-0.3, -0.25) is 14.1 Å². The molecule has 4 nitrogen and oxygen atoms in total. The fraction of sp³-hybridized carbons (Fsp3) is 0.593. The molecule has 1 aromatic carbocycles. The van der Waals surface area contributed by atoms with Gasteiger partial charge < -0.3 is 10.2 Å². The first-order valence-electron chi connectivity index (χ1n) is 12.5. The molecule has 1 aromatic rings. The Balaban J connectivity index is 1.55. The first-order valence-corrected chi connectivity index (χ1v) is 12.5. The van der Waals surface area contributed by atoms with E-state index in [0.717, 1.165) is 49.3 Å². The molecule has 1 saturated heterocycles. The van der Waals surface area contributed by atoms with E-state index in [1.807, 2.05) is 25.1 Å². The van der Waals surface area contributed by atoms with E-state index in [0.29, 0.717) is 30.9 Å². The summed E-state index contributed by atoms with van der Waals surface area (Å²) in [7, 11) is 0. The highest BCUT2D eigenvalue weighted by Gasteiger charge is 2.41. The summed E-state index contributed by atoms with van der Waals surface area (Å²) < 4.78 is 53.1. The number of carbonyl (C=O) groups is 1. The number of allylic oxidation sites excluding steroid dienone is 2. The molecule has 35 heavy (non-hydrogen) atoms. The van der Waals surface area contributed by atoms with Crippen LogP contribution >= 0.6 is 0 Å². The summed E-state index contributed by atoms with van der Waals surface area (Å²) in [5.74, 6) is 0.479. The van der Waals surface area contributed by atoms with Gasteiger partial charge in [-0.25, -0.2) is 0 Å². The molecule has 0 amide bonds. The lowest BCUT2D eigenvalue weighted by Crippen LogP contribution is -2.49. The number of alkyl halides is 4. The second kappa shape index (κ2) is 10.8. The summed E-state index contributed by atoms with van der Waals surface area (Å²) in [4.78, 5) is 15.7. The number of ketones is 1. The first kappa shape index (κ1) is 25.9. The van der Waals surface area contributed by atoms with E-state index in [1.165, 1.54) is 17.4 Å². The first-order chi connectivity index (χ1) is 16.6. The molecule has 0 unspecified atom stereocenters. The highest BCUT2D eigenvalue weighted by molar-refractivity contribution is 5.94. The standard InChI is InChI=1S/C27H35F4N3O/c1-18-12-23-14-22(19(2)35)5-6-24(23)26(34(18)17-27(29,30)31)25-7-4-20(15-32-25)13-21-8-11-33(16-21)10-3-9-28/h4-7,14,18,21,26,32H,3,8-13,15-17H2,1-2H3/t18-,21-,26+/m1/s1. The molecule has 192 valence electrons. The highest BCUT2D eigenvalue weighted by atomic mass is 19.4. The monoisotopic (exact) mass is 493 g/mol. The van der Waals surface area contributed by atoms with E-state index in [9.17, 15) is 22.4 Å². The van der Waals surface area contributed by atoms with Crippen molar-refractivity contribution < 1.29 is 22.4 Å².